The van der Waals surface area contributed by atoms with Crippen molar-refractivity contribution in [2.75, 3.05) is 13.2 Å². The minimum absolute atomic E-state index is 0.0186. The molecular weight excluding hydrogens is 285 g/mol. The van der Waals surface area contributed by atoms with Gasteiger partial charge in [0.1, 0.15) is 11.6 Å². The maximum Gasteiger partial charge on any atom is 0.131 e. The van der Waals surface area contributed by atoms with Crippen LogP contribution in [0.1, 0.15) is 36.8 Å². The van der Waals surface area contributed by atoms with Gasteiger partial charge in [-0.2, -0.15) is 0 Å². The summed E-state index contributed by atoms with van der Waals surface area (Å²) in [5.41, 5.74) is 0.689. The summed E-state index contributed by atoms with van der Waals surface area (Å²) >= 11 is 1.71. The second-order valence-electron chi connectivity index (χ2n) is 5.04. The lowest BCUT2D eigenvalue weighted by Crippen LogP contribution is -2.20. The summed E-state index contributed by atoms with van der Waals surface area (Å²) in [5, 5.41) is 5.34. The van der Waals surface area contributed by atoms with Crippen LogP contribution in [-0.2, 0) is 6.42 Å². The van der Waals surface area contributed by atoms with Gasteiger partial charge in [0.05, 0.1) is 6.61 Å². The molecule has 114 valence electrons. The van der Waals surface area contributed by atoms with E-state index in [1.165, 1.54) is 10.9 Å². The SMILES string of the molecule is CCCNC(C)c1ccc(OCCc2cccs2)cc1F. The van der Waals surface area contributed by atoms with E-state index in [0.717, 1.165) is 19.4 Å². The zero-order valence-corrected chi connectivity index (χ0v) is 13.4. The van der Waals surface area contributed by atoms with Gasteiger partial charge in [-0.1, -0.05) is 19.1 Å². The molecule has 0 saturated carbocycles. The van der Waals surface area contributed by atoms with E-state index in [0.29, 0.717) is 17.9 Å². The van der Waals surface area contributed by atoms with Crippen molar-refractivity contribution in [2.24, 2.45) is 0 Å². The molecule has 0 aliphatic heterocycles. The third kappa shape index (κ3) is 4.83. The van der Waals surface area contributed by atoms with Crippen LogP contribution in [0.3, 0.4) is 0 Å². The Labute approximate surface area is 130 Å². The van der Waals surface area contributed by atoms with Crippen LogP contribution in [0.15, 0.2) is 35.7 Å². The van der Waals surface area contributed by atoms with Gasteiger partial charge in [-0.15, -0.1) is 11.3 Å². The summed E-state index contributed by atoms with van der Waals surface area (Å²) < 4.78 is 19.7. The largest absolute Gasteiger partial charge is 0.493 e. The van der Waals surface area contributed by atoms with Crippen LogP contribution in [0.2, 0.25) is 0 Å². The smallest absolute Gasteiger partial charge is 0.131 e. The van der Waals surface area contributed by atoms with Gasteiger partial charge in [-0.05, 0) is 37.4 Å². The quantitative estimate of drug-likeness (QED) is 0.771. The number of rotatable bonds is 8. The Morgan fingerprint density at radius 1 is 1.33 bits per heavy atom. The van der Waals surface area contributed by atoms with Crippen molar-refractivity contribution in [2.45, 2.75) is 32.7 Å². The van der Waals surface area contributed by atoms with Crippen molar-refractivity contribution in [3.63, 3.8) is 0 Å². The van der Waals surface area contributed by atoms with Gasteiger partial charge >= 0.3 is 0 Å². The van der Waals surface area contributed by atoms with E-state index < -0.39 is 0 Å². The molecule has 1 N–H and O–H groups in total. The Kier molecular flexibility index (Phi) is 6.21. The minimum Gasteiger partial charge on any atom is -0.493 e. The van der Waals surface area contributed by atoms with Crippen molar-refractivity contribution in [1.29, 1.82) is 0 Å². The highest BCUT2D eigenvalue weighted by molar-refractivity contribution is 7.09. The van der Waals surface area contributed by atoms with Gasteiger partial charge in [0.2, 0.25) is 0 Å². The highest BCUT2D eigenvalue weighted by atomic mass is 32.1. The van der Waals surface area contributed by atoms with Crippen molar-refractivity contribution in [3.05, 3.63) is 52.0 Å². The Morgan fingerprint density at radius 3 is 2.86 bits per heavy atom. The molecule has 0 fully saturated rings. The average molecular weight is 307 g/mol. The van der Waals surface area contributed by atoms with Crippen LogP contribution >= 0.6 is 11.3 Å². The fraction of sp³-hybridized carbons (Fsp3) is 0.412. The lowest BCUT2D eigenvalue weighted by atomic mass is 10.1. The van der Waals surface area contributed by atoms with Crippen molar-refractivity contribution in [3.8, 4) is 5.75 Å². The second-order valence-corrected chi connectivity index (χ2v) is 6.07. The third-order valence-corrected chi connectivity index (χ3v) is 4.27. The summed E-state index contributed by atoms with van der Waals surface area (Å²) in [7, 11) is 0. The number of halogens is 1. The molecular formula is C17H22FNOS. The van der Waals surface area contributed by atoms with Gasteiger partial charge in [0.15, 0.2) is 0 Å². The summed E-state index contributed by atoms with van der Waals surface area (Å²) in [6.45, 7) is 5.54. The van der Waals surface area contributed by atoms with Gasteiger partial charge in [0, 0.05) is 29.0 Å². The topological polar surface area (TPSA) is 21.3 Å². The zero-order chi connectivity index (χ0) is 15.1. The fourth-order valence-electron chi connectivity index (χ4n) is 2.14. The first-order valence-corrected chi connectivity index (χ1v) is 8.26. The number of ether oxygens (including phenoxy) is 1. The summed E-state index contributed by atoms with van der Waals surface area (Å²) in [6.07, 6.45) is 1.89. The molecule has 2 nitrogen and oxygen atoms in total. The molecule has 0 radical (unpaired) electrons. The predicted octanol–water partition coefficient (Wildman–Crippen LogP) is 4.57. The first-order valence-electron chi connectivity index (χ1n) is 7.38. The summed E-state index contributed by atoms with van der Waals surface area (Å²) in [6, 6.07) is 9.26. The highest BCUT2D eigenvalue weighted by Crippen LogP contribution is 2.22. The number of hydrogen-bond acceptors (Lipinski definition) is 3. The molecule has 1 unspecified atom stereocenters. The standard InChI is InChI=1S/C17H22FNOS/c1-3-9-19-13(2)16-7-6-14(12-17(16)18)20-10-8-15-5-4-11-21-15/h4-7,11-13,19H,3,8-10H2,1-2H3. The van der Waals surface area contributed by atoms with E-state index in [1.807, 2.05) is 25.1 Å². The molecule has 1 atom stereocenters. The molecule has 1 aromatic heterocycles. The molecule has 1 heterocycles. The molecule has 2 aromatic rings. The number of thiophene rings is 1. The first kappa shape index (κ1) is 16.0. The van der Waals surface area contributed by atoms with Crippen LogP contribution in [0.5, 0.6) is 5.75 Å². The van der Waals surface area contributed by atoms with Crippen molar-refractivity contribution < 1.29 is 9.13 Å². The van der Waals surface area contributed by atoms with Crippen LogP contribution in [0, 0.1) is 5.82 Å². The van der Waals surface area contributed by atoms with Gasteiger partial charge in [-0.3, -0.25) is 0 Å². The minimum atomic E-state index is -0.209. The summed E-state index contributed by atoms with van der Waals surface area (Å²) in [5.74, 6) is 0.384. The van der Waals surface area contributed by atoms with Crippen molar-refractivity contribution >= 4 is 11.3 Å². The maximum absolute atomic E-state index is 14.1. The van der Waals surface area contributed by atoms with E-state index in [2.05, 4.69) is 23.7 Å². The molecule has 21 heavy (non-hydrogen) atoms. The van der Waals surface area contributed by atoms with Gasteiger partial charge in [0.25, 0.3) is 0 Å². The molecule has 0 amide bonds. The van der Waals surface area contributed by atoms with Gasteiger partial charge < -0.3 is 10.1 Å². The Morgan fingerprint density at radius 2 is 2.19 bits per heavy atom. The van der Waals surface area contributed by atoms with E-state index in [1.54, 1.807) is 11.3 Å². The first-order chi connectivity index (χ1) is 10.2. The molecule has 4 heteroatoms. The molecule has 0 bridgehead atoms. The van der Waals surface area contributed by atoms with E-state index in [4.69, 9.17) is 4.74 Å². The van der Waals surface area contributed by atoms with E-state index in [9.17, 15) is 4.39 Å². The number of nitrogens with one attached hydrogen (secondary N) is 1. The molecule has 0 saturated heterocycles. The van der Waals surface area contributed by atoms with E-state index in [-0.39, 0.29) is 11.9 Å². The highest BCUT2D eigenvalue weighted by Gasteiger charge is 2.11. The fourth-order valence-corrected chi connectivity index (χ4v) is 2.83. The average Bonchev–Trinajstić information content (AvgIpc) is 2.98. The number of hydrogen-bond donors (Lipinski definition) is 1. The lowest BCUT2D eigenvalue weighted by molar-refractivity contribution is 0.320. The van der Waals surface area contributed by atoms with Crippen LogP contribution < -0.4 is 10.1 Å². The maximum atomic E-state index is 14.1. The zero-order valence-electron chi connectivity index (χ0n) is 12.6. The third-order valence-electron chi connectivity index (χ3n) is 3.34. The monoisotopic (exact) mass is 307 g/mol. The predicted molar refractivity (Wildman–Crippen MR) is 86.6 cm³/mol. The molecule has 1 aromatic carbocycles. The Bertz CT molecular complexity index is 542. The molecule has 0 aliphatic carbocycles. The number of benzene rings is 1. The molecule has 2 rings (SSSR count). The Balaban J connectivity index is 1.89. The second kappa shape index (κ2) is 8.15. The Hall–Kier alpha value is -1.39. The molecule has 0 spiro atoms. The van der Waals surface area contributed by atoms with Gasteiger partial charge in [-0.25, -0.2) is 4.39 Å². The van der Waals surface area contributed by atoms with E-state index >= 15 is 0 Å². The lowest BCUT2D eigenvalue weighted by Gasteiger charge is -2.15. The molecule has 0 aliphatic rings. The summed E-state index contributed by atoms with van der Waals surface area (Å²) in [4.78, 5) is 1.28. The van der Waals surface area contributed by atoms with Crippen LogP contribution in [0.4, 0.5) is 4.39 Å². The van der Waals surface area contributed by atoms with Crippen LogP contribution in [0.25, 0.3) is 0 Å². The normalized spacial score (nSPS) is 12.3. The van der Waals surface area contributed by atoms with Crippen molar-refractivity contribution in [1.82, 2.24) is 5.32 Å². The van der Waals surface area contributed by atoms with Crippen LogP contribution in [-0.4, -0.2) is 13.2 Å².